The van der Waals surface area contributed by atoms with Crippen molar-refractivity contribution >= 4 is 28.4 Å². The minimum atomic E-state index is -0.947. The maximum absolute atomic E-state index is 13.8. The molecule has 0 saturated carbocycles. The predicted octanol–water partition coefficient (Wildman–Crippen LogP) is 4.29. The molecule has 3 heterocycles. The first-order chi connectivity index (χ1) is 15.3. The van der Waals surface area contributed by atoms with Crippen molar-refractivity contribution < 1.29 is 18.5 Å². The summed E-state index contributed by atoms with van der Waals surface area (Å²) in [5, 5.41) is 11.1. The second-order valence-electron chi connectivity index (χ2n) is 7.43. The molecule has 5 rings (SSSR count). The SMILES string of the molecule is Cc1ccc(N2C(=O)c3oc4ccc(F)cc4c(=O)c3C2c2ccc([N+](=O)[O-])cc2)nc1. The molecule has 8 nitrogen and oxygen atoms in total. The highest BCUT2D eigenvalue weighted by Gasteiger charge is 2.44. The van der Waals surface area contributed by atoms with Crippen LogP contribution in [0.25, 0.3) is 11.0 Å². The number of benzene rings is 2. The summed E-state index contributed by atoms with van der Waals surface area (Å²) in [5.74, 6) is -1.08. The third kappa shape index (κ3) is 2.94. The lowest BCUT2D eigenvalue weighted by atomic mass is 9.98. The highest BCUT2D eigenvalue weighted by Crippen LogP contribution is 2.40. The van der Waals surface area contributed by atoms with Crippen LogP contribution in [0.2, 0.25) is 0 Å². The van der Waals surface area contributed by atoms with Crippen molar-refractivity contribution in [3.8, 4) is 0 Å². The number of pyridine rings is 1. The number of hydrogen-bond acceptors (Lipinski definition) is 6. The summed E-state index contributed by atoms with van der Waals surface area (Å²) in [7, 11) is 0. The molecule has 1 atom stereocenters. The van der Waals surface area contributed by atoms with Gasteiger partial charge in [-0.1, -0.05) is 6.07 Å². The van der Waals surface area contributed by atoms with E-state index in [4.69, 9.17) is 4.42 Å². The molecule has 1 aliphatic heterocycles. The van der Waals surface area contributed by atoms with Crippen molar-refractivity contribution in [2.75, 3.05) is 4.90 Å². The monoisotopic (exact) mass is 431 g/mol. The second-order valence-corrected chi connectivity index (χ2v) is 7.43. The van der Waals surface area contributed by atoms with Gasteiger partial charge in [-0.3, -0.25) is 24.6 Å². The summed E-state index contributed by atoms with van der Waals surface area (Å²) < 4.78 is 19.6. The highest BCUT2D eigenvalue weighted by atomic mass is 19.1. The summed E-state index contributed by atoms with van der Waals surface area (Å²) in [5.41, 5.74) is 0.764. The highest BCUT2D eigenvalue weighted by molar-refractivity contribution is 6.10. The summed E-state index contributed by atoms with van der Waals surface area (Å²) in [6, 6.07) is 11.5. The molecule has 0 spiro atoms. The van der Waals surface area contributed by atoms with Crippen LogP contribution < -0.4 is 10.3 Å². The third-order valence-corrected chi connectivity index (χ3v) is 5.39. The molecule has 0 fully saturated rings. The molecule has 158 valence electrons. The zero-order valence-electron chi connectivity index (χ0n) is 16.6. The number of aromatic nitrogens is 1. The maximum atomic E-state index is 13.8. The van der Waals surface area contributed by atoms with Gasteiger partial charge < -0.3 is 4.42 Å². The van der Waals surface area contributed by atoms with Gasteiger partial charge in [-0.05, 0) is 54.4 Å². The Bertz CT molecular complexity index is 1460. The molecular formula is C23H14FN3O5. The van der Waals surface area contributed by atoms with Crippen molar-refractivity contribution in [2.24, 2.45) is 0 Å². The van der Waals surface area contributed by atoms with Gasteiger partial charge in [-0.25, -0.2) is 9.37 Å². The lowest BCUT2D eigenvalue weighted by molar-refractivity contribution is -0.384. The molecule has 0 N–H and O–H groups in total. The summed E-state index contributed by atoms with van der Waals surface area (Å²) >= 11 is 0. The van der Waals surface area contributed by atoms with Gasteiger partial charge in [0.05, 0.1) is 21.9 Å². The minimum absolute atomic E-state index is 0.00202. The molecule has 0 aliphatic carbocycles. The fourth-order valence-corrected chi connectivity index (χ4v) is 3.88. The molecule has 4 aromatic rings. The van der Waals surface area contributed by atoms with Crippen molar-refractivity contribution in [1.29, 1.82) is 0 Å². The zero-order chi connectivity index (χ0) is 22.6. The zero-order valence-corrected chi connectivity index (χ0v) is 16.6. The number of non-ortho nitro benzene ring substituents is 1. The third-order valence-electron chi connectivity index (χ3n) is 5.39. The molecule has 9 heteroatoms. The van der Waals surface area contributed by atoms with Crippen LogP contribution in [0.1, 0.15) is 33.3 Å². The number of nitrogens with zero attached hydrogens (tertiary/aromatic N) is 3. The summed E-state index contributed by atoms with van der Waals surface area (Å²) in [4.78, 5) is 42.9. The van der Waals surface area contributed by atoms with Crippen molar-refractivity contribution in [2.45, 2.75) is 13.0 Å². The predicted molar refractivity (Wildman–Crippen MR) is 113 cm³/mol. The largest absolute Gasteiger partial charge is 0.450 e. The number of hydrogen-bond donors (Lipinski definition) is 0. The number of anilines is 1. The van der Waals surface area contributed by atoms with E-state index in [1.165, 1.54) is 35.2 Å². The van der Waals surface area contributed by atoms with Crippen LogP contribution in [0.4, 0.5) is 15.9 Å². The van der Waals surface area contributed by atoms with Crippen LogP contribution in [-0.2, 0) is 0 Å². The Morgan fingerprint density at radius 1 is 1.09 bits per heavy atom. The van der Waals surface area contributed by atoms with E-state index in [2.05, 4.69) is 4.98 Å². The average molecular weight is 431 g/mol. The molecule has 0 radical (unpaired) electrons. The lowest BCUT2D eigenvalue weighted by Gasteiger charge is -2.24. The van der Waals surface area contributed by atoms with E-state index in [1.54, 1.807) is 18.3 Å². The number of amides is 1. The normalized spacial score (nSPS) is 15.2. The Kier molecular flexibility index (Phi) is 4.33. The van der Waals surface area contributed by atoms with Crippen molar-refractivity contribution in [3.63, 3.8) is 0 Å². The summed E-state index contributed by atoms with van der Waals surface area (Å²) in [6.45, 7) is 1.84. The van der Waals surface area contributed by atoms with Gasteiger partial charge in [-0.2, -0.15) is 0 Å². The van der Waals surface area contributed by atoms with E-state index in [0.717, 1.165) is 17.7 Å². The first kappa shape index (κ1) is 19.6. The molecule has 1 aliphatic rings. The number of carbonyl (C=O) groups is 1. The Hall–Kier alpha value is -4.40. The number of fused-ring (bicyclic) bond motifs is 2. The fourth-order valence-electron chi connectivity index (χ4n) is 3.88. The van der Waals surface area contributed by atoms with Crippen LogP contribution in [0.15, 0.2) is 70.0 Å². The number of carbonyl (C=O) groups excluding carboxylic acids is 1. The van der Waals surface area contributed by atoms with Gasteiger partial charge in [0.25, 0.3) is 11.6 Å². The van der Waals surface area contributed by atoms with E-state index in [1.807, 2.05) is 6.92 Å². The van der Waals surface area contributed by atoms with Crippen molar-refractivity contribution in [1.82, 2.24) is 4.98 Å². The molecular weight excluding hydrogens is 417 g/mol. The molecule has 1 unspecified atom stereocenters. The van der Waals surface area contributed by atoms with Gasteiger partial charge in [-0.15, -0.1) is 0 Å². The standard InChI is InChI=1S/C23H14FN3O5/c1-12-2-9-18(25-11-12)26-20(13-3-6-15(7-4-13)27(30)31)19-21(28)16-10-14(24)5-8-17(16)32-22(19)23(26)29/h2-11,20H,1H3. The first-order valence-electron chi connectivity index (χ1n) is 9.62. The number of halogens is 1. The van der Waals surface area contributed by atoms with Gasteiger partial charge >= 0.3 is 0 Å². The van der Waals surface area contributed by atoms with Gasteiger partial charge in [0.1, 0.15) is 17.2 Å². The smallest absolute Gasteiger partial charge is 0.296 e. The number of aryl methyl sites for hydroxylation is 1. The quantitative estimate of drug-likeness (QED) is 0.354. The molecule has 2 aromatic carbocycles. The van der Waals surface area contributed by atoms with E-state index in [-0.39, 0.29) is 33.8 Å². The van der Waals surface area contributed by atoms with E-state index in [0.29, 0.717) is 5.56 Å². The van der Waals surface area contributed by atoms with Gasteiger partial charge in [0, 0.05) is 18.3 Å². The van der Waals surface area contributed by atoms with Crippen LogP contribution in [0.3, 0.4) is 0 Å². The Labute approximate surface area is 179 Å². The molecule has 32 heavy (non-hydrogen) atoms. The number of rotatable bonds is 3. The number of nitro groups is 1. The van der Waals surface area contributed by atoms with E-state index >= 15 is 0 Å². The maximum Gasteiger partial charge on any atom is 0.296 e. The first-order valence-corrected chi connectivity index (χ1v) is 9.62. The average Bonchev–Trinajstić information content (AvgIpc) is 3.07. The van der Waals surface area contributed by atoms with E-state index in [9.17, 15) is 24.1 Å². The Balaban J connectivity index is 1.78. The van der Waals surface area contributed by atoms with Crippen LogP contribution in [-0.4, -0.2) is 15.8 Å². The molecule has 0 bridgehead atoms. The number of nitro benzene ring substituents is 1. The topological polar surface area (TPSA) is 107 Å². The van der Waals surface area contributed by atoms with Crippen LogP contribution in [0, 0.1) is 22.9 Å². The van der Waals surface area contributed by atoms with Gasteiger partial charge in [0.15, 0.2) is 5.43 Å². The fraction of sp³-hybridized carbons (Fsp3) is 0.0870. The summed E-state index contributed by atoms with van der Waals surface area (Å²) in [6.07, 6.45) is 1.58. The molecule has 2 aromatic heterocycles. The molecule has 1 amide bonds. The Morgan fingerprint density at radius 2 is 1.84 bits per heavy atom. The second kappa shape index (κ2) is 7.09. The van der Waals surface area contributed by atoms with E-state index < -0.39 is 28.1 Å². The lowest BCUT2D eigenvalue weighted by Crippen LogP contribution is -2.30. The minimum Gasteiger partial charge on any atom is -0.450 e. The van der Waals surface area contributed by atoms with Crippen LogP contribution in [0.5, 0.6) is 0 Å². The molecule has 0 saturated heterocycles. The Morgan fingerprint density at radius 3 is 2.50 bits per heavy atom. The van der Waals surface area contributed by atoms with Gasteiger partial charge in [0.2, 0.25) is 5.76 Å². The van der Waals surface area contributed by atoms with Crippen molar-refractivity contribution in [3.05, 3.63) is 109 Å². The van der Waals surface area contributed by atoms with Crippen LogP contribution >= 0.6 is 0 Å².